The van der Waals surface area contributed by atoms with E-state index in [1.54, 1.807) is 0 Å². The normalized spacial score (nSPS) is 18.0. The molecule has 1 aromatic heterocycles. The van der Waals surface area contributed by atoms with Crippen molar-refractivity contribution in [2.75, 3.05) is 11.9 Å². The van der Waals surface area contributed by atoms with Gasteiger partial charge in [0, 0.05) is 17.8 Å². The second-order valence-corrected chi connectivity index (χ2v) is 5.62. The number of furan rings is 1. The smallest absolute Gasteiger partial charge is 0.229 e. The highest BCUT2D eigenvalue weighted by atomic mass is 16.3. The maximum absolute atomic E-state index is 12.5. The van der Waals surface area contributed by atoms with Gasteiger partial charge in [0.05, 0.1) is 12.0 Å². The molecular formula is C17H20N2O2. The summed E-state index contributed by atoms with van der Waals surface area (Å²) in [5.74, 6) is 1.66. The average molecular weight is 284 g/mol. The van der Waals surface area contributed by atoms with E-state index in [0.717, 1.165) is 28.3 Å². The molecule has 0 saturated carbocycles. The van der Waals surface area contributed by atoms with Crippen LogP contribution in [0.3, 0.4) is 0 Å². The maximum Gasteiger partial charge on any atom is 0.229 e. The van der Waals surface area contributed by atoms with E-state index in [9.17, 15) is 4.79 Å². The quantitative estimate of drug-likeness (QED) is 0.909. The van der Waals surface area contributed by atoms with Crippen molar-refractivity contribution in [1.82, 2.24) is 5.32 Å². The van der Waals surface area contributed by atoms with Crippen LogP contribution in [-0.2, 0) is 4.79 Å². The molecule has 1 amide bonds. The third-order valence-corrected chi connectivity index (χ3v) is 4.05. The van der Waals surface area contributed by atoms with Crippen molar-refractivity contribution in [3.63, 3.8) is 0 Å². The van der Waals surface area contributed by atoms with Crippen molar-refractivity contribution in [3.05, 3.63) is 53.0 Å². The monoisotopic (exact) mass is 284 g/mol. The van der Waals surface area contributed by atoms with Gasteiger partial charge in [0.2, 0.25) is 5.91 Å². The molecule has 0 radical (unpaired) electrons. The molecule has 0 saturated heterocycles. The van der Waals surface area contributed by atoms with Gasteiger partial charge in [-0.25, -0.2) is 0 Å². The Balaban J connectivity index is 1.74. The van der Waals surface area contributed by atoms with Crippen LogP contribution in [0.4, 0.5) is 5.69 Å². The van der Waals surface area contributed by atoms with Crippen LogP contribution >= 0.6 is 0 Å². The minimum Gasteiger partial charge on any atom is -0.466 e. The highest BCUT2D eigenvalue weighted by molar-refractivity contribution is 5.88. The molecule has 4 heteroatoms. The first-order valence-corrected chi connectivity index (χ1v) is 7.26. The van der Waals surface area contributed by atoms with E-state index in [0.29, 0.717) is 6.54 Å². The fraction of sp³-hybridized carbons (Fsp3) is 0.353. The molecule has 2 N–H and O–H groups in total. The summed E-state index contributed by atoms with van der Waals surface area (Å²) in [6, 6.07) is 9.91. The van der Waals surface area contributed by atoms with Gasteiger partial charge in [0.1, 0.15) is 11.5 Å². The lowest BCUT2D eigenvalue weighted by atomic mass is 9.99. The van der Waals surface area contributed by atoms with Gasteiger partial charge in [-0.05, 0) is 38.5 Å². The van der Waals surface area contributed by atoms with Crippen LogP contribution < -0.4 is 10.6 Å². The Hall–Kier alpha value is -2.23. The summed E-state index contributed by atoms with van der Waals surface area (Å²) < 4.78 is 5.54. The van der Waals surface area contributed by atoms with Gasteiger partial charge in [-0.15, -0.1) is 0 Å². The van der Waals surface area contributed by atoms with Crippen LogP contribution in [0, 0.1) is 13.8 Å². The summed E-state index contributed by atoms with van der Waals surface area (Å²) in [5, 5.41) is 6.37. The van der Waals surface area contributed by atoms with Crippen LogP contribution in [0.5, 0.6) is 0 Å². The maximum atomic E-state index is 12.5. The van der Waals surface area contributed by atoms with Gasteiger partial charge in [-0.3, -0.25) is 4.79 Å². The Morgan fingerprint density at radius 2 is 2.14 bits per heavy atom. The van der Waals surface area contributed by atoms with Crippen molar-refractivity contribution in [2.24, 2.45) is 0 Å². The topological polar surface area (TPSA) is 54.3 Å². The van der Waals surface area contributed by atoms with E-state index in [1.165, 1.54) is 0 Å². The van der Waals surface area contributed by atoms with Crippen LogP contribution in [0.25, 0.3) is 0 Å². The zero-order valence-electron chi connectivity index (χ0n) is 12.6. The molecule has 1 aliphatic rings. The van der Waals surface area contributed by atoms with E-state index in [4.69, 9.17) is 4.42 Å². The number of anilines is 1. The number of hydrogen-bond acceptors (Lipinski definition) is 3. The van der Waals surface area contributed by atoms with Crippen LogP contribution in [-0.4, -0.2) is 12.5 Å². The van der Waals surface area contributed by atoms with Crippen LogP contribution in [0.15, 0.2) is 34.7 Å². The Morgan fingerprint density at radius 3 is 2.86 bits per heavy atom. The molecule has 1 aromatic carbocycles. The zero-order valence-corrected chi connectivity index (χ0v) is 12.6. The summed E-state index contributed by atoms with van der Waals surface area (Å²) in [6.45, 7) is 6.49. The molecule has 1 aliphatic heterocycles. The summed E-state index contributed by atoms with van der Waals surface area (Å²) >= 11 is 0. The second kappa shape index (κ2) is 5.28. The largest absolute Gasteiger partial charge is 0.466 e. The van der Waals surface area contributed by atoms with Crippen molar-refractivity contribution in [3.8, 4) is 0 Å². The number of para-hydroxylation sites is 1. The number of nitrogens with one attached hydrogen (secondary N) is 2. The third-order valence-electron chi connectivity index (χ3n) is 4.05. The molecule has 3 rings (SSSR count). The molecule has 110 valence electrons. The summed E-state index contributed by atoms with van der Waals surface area (Å²) in [5.41, 5.74) is 3.17. The van der Waals surface area contributed by atoms with Crippen molar-refractivity contribution in [1.29, 1.82) is 0 Å². The average Bonchev–Trinajstić information content (AvgIpc) is 3.01. The van der Waals surface area contributed by atoms with Crippen molar-refractivity contribution in [2.45, 2.75) is 32.7 Å². The lowest BCUT2D eigenvalue weighted by Crippen LogP contribution is -2.32. The molecule has 2 unspecified atom stereocenters. The highest BCUT2D eigenvalue weighted by Gasteiger charge is 2.29. The molecule has 0 fully saturated rings. The number of aryl methyl sites for hydroxylation is 2. The van der Waals surface area contributed by atoms with E-state index in [1.807, 2.05) is 51.1 Å². The number of carbonyl (C=O) groups excluding carboxylic acids is 1. The Morgan fingerprint density at radius 1 is 1.38 bits per heavy atom. The van der Waals surface area contributed by atoms with Gasteiger partial charge in [0.15, 0.2) is 0 Å². The molecule has 0 bridgehead atoms. The zero-order chi connectivity index (χ0) is 15.0. The fourth-order valence-electron chi connectivity index (χ4n) is 2.99. The number of amides is 1. The van der Waals surface area contributed by atoms with E-state index < -0.39 is 0 Å². The van der Waals surface area contributed by atoms with Gasteiger partial charge in [-0.2, -0.15) is 0 Å². The molecule has 2 aromatic rings. The number of fused-ring (bicyclic) bond motifs is 1. The summed E-state index contributed by atoms with van der Waals surface area (Å²) in [7, 11) is 0. The molecule has 4 nitrogen and oxygen atoms in total. The Kier molecular flexibility index (Phi) is 3.45. The lowest BCUT2D eigenvalue weighted by molar-refractivity contribution is -0.122. The standard InChI is InChI=1S/C17H20N2O2/c1-10-8-14(12(3)21-10)11(2)19-17(20)15-9-18-16-7-5-4-6-13(15)16/h4-8,11,15,18H,9H2,1-3H3,(H,19,20). The van der Waals surface area contributed by atoms with Crippen LogP contribution in [0.2, 0.25) is 0 Å². The first kappa shape index (κ1) is 13.7. The molecule has 21 heavy (non-hydrogen) atoms. The Labute approximate surface area is 124 Å². The molecule has 2 atom stereocenters. The first-order valence-electron chi connectivity index (χ1n) is 7.26. The summed E-state index contributed by atoms with van der Waals surface area (Å²) in [6.07, 6.45) is 0. The lowest BCUT2D eigenvalue weighted by Gasteiger charge is -2.17. The molecule has 0 aliphatic carbocycles. The van der Waals surface area contributed by atoms with E-state index >= 15 is 0 Å². The summed E-state index contributed by atoms with van der Waals surface area (Å²) in [4.78, 5) is 12.5. The number of benzene rings is 1. The van der Waals surface area contributed by atoms with E-state index in [-0.39, 0.29) is 17.9 Å². The minimum absolute atomic E-state index is 0.0530. The van der Waals surface area contributed by atoms with Gasteiger partial charge >= 0.3 is 0 Å². The van der Waals surface area contributed by atoms with Crippen molar-refractivity contribution < 1.29 is 9.21 Å². The van der Waals surface area contributed by atoms with E-state index in [2.05, 4.69) is 10.6 Å². The van der Waals surface area contributed by atoms with Gasteiger partial charge in [-0.1, -0.05) is 18.2 Å². The van der Waals surface area contributed by atoms with Crippen molar-refractivity contribution >= 4 is 11.6 Å². The van der Waals surface area contributed by atoms with Gasteiger partial charge < -0.3 is 15.1 Å². The second-order valence-electron chi connectivity index (χ2n) is 5.62. The SMILES string of the molecule is Cc1cc(C(C)NC(=O)C2CNc3ccccc32)c(C)o1. The number of hydrogen-bond donors (Lipinski definition) is 2. The third kappa shape index (κ3) is 2.53. The first-order chi connectivity index (χ1) is 10.1. The highest BCUT2D eigenvalue weighted by Crippen LogP contribution is 2.32. The predicted molar refractivity (Wildman–Crippen MR) is 82.4 cm³/mol. The number of rotatable bonds is 3. The predicted octanol–water partition coefficient (Wildman–Crippen LogP) is 3.28. The fourth-order valence-corrected chi connectivity index (χ4v) is 2.99. The molecule has 2 heterocycles. The molecular weight excluding hydrogens is 264 g/mol. The van der Waals surface area contributed by atoms with Crippen LogP contribution in [0.1, 0.15) is 41.5 Å². The molecule has 0 spiro atoms. The van der Waals surface area contributed by atoms with Gasteiger partial charge in [0.25, 0.3) is 0 Å². The Bertz CT molecular complexity index is 675. The minimum atomic E-state index is -0.128. The number of carbonyl (C=O) groups is 1.